The van der Waals surface area contributed by atoms with Crippen molar-refractivity contribution in [3.8, 4) is 22.8 Å². The molecule has 1 aliphatic rings. The minimum absolute atomic E-state index is 0.186. The average molecular weight is 257 g/mol. The summed E-state index contributed by atoms with van der Waals surface area (Å²) in [5.74, 6) is 2.17. The summed E-state index contributed by atoms with van der Waals surface area (Å²) in [4.78, 5) is 8.67. The van der Waals surface area contributed by atoms with E-state index in [1.807, 2.05) is 32.0 Å². The van der Waals surface area contributed by atoms with Crippen molar-refractivity contribution in [2.24, 2.45) is 5.73 Å². The lowest BCUT2D eigenvalue weighted by molar-refractivity contribution is 0.174. The van der Waals surface area contributed by atoms with Crippen molar-refractivity contribution < 1.29 is 9.47 Å². The van der Waals surface area contributed by atoms with Crippen molar-refractivity contribution in [3.63, 3.8) is 0 Å². The van der Waals surface area contributed by atoms with E-state index < -0.39 is 0 Å². The highest BCUT2D eigenvalue weighted by Gasteiger charge is 2.17. The van der Waals surface area contributed by atoms with Crippen LogP contribution in [0.15, 0.2) is 24.4 Å². The van der Waals surface area contributed by atoms with Gasteiger partial charge in [0, 0.05) is 11.8 Å². The van der Waals surface area contributed by atoms with Crippen LogP contribution in [0.25, 0.3) is 11.3 Å². The fourth-order valence-electron chi connectivity index (χ4n) is 2.06. The van der Waals surface area contributed by atoms with Crippen LogP contribution in [-0.4, -0.2) is 16.8 Å². The Labute approximate surface area is 111 Å². The van der Waals surface area contributed by atoms with E-state index in [9.17, 15) is 0 Å². The molecule has 19 heavy (non-hydrogen) atoms. The van der Waals surface area contributed by atoms with Crippen molar-refractivity contribution >= 4 is 0 Å². The third kappa shape index (κ3) is 2.13. The zero-order valence-corrected chi connectivity index (χ0v) is 10.9. The number of hydrogen-bond acceptors (Lipinski definition) is 5. The van der Waals surface area contributed by atoms with Gasteiger partial charge in [0.1, 0.15) is 5.82 Å². The van der Waals surface area contributed by atoms with Crippen LogP contribution >= 0.6 is 0 Å². The van der Waals surface area contributed by atoms with Crippen LogP contribution in [0.2, 0.25) is 0 Å². The van der Waals surface area contributed by atoms with Crippen LogP contribution in [0, 0.1) is 6.92 Å². The number of nitrogens with two attached hydrogens (primary N) is 1. The Morgan fingerprint density at radius 1 is 1.26 bits per heavy atom. The Balaban J connectivity index is 2.09. The topological polar surface area (TPSA) is 70.3 Å². The maximum absolute atomic E-state index is 5.82. The number of hydrogen-bond donors (Lipinski definition) is 1. The van der Waals surface area contributed by atoms with E-state index in [1.54, 1.807) is 6.20 Å². The van der Waals surface area contributed by atoms with Crippen molar-refractivity contribution in [1.82, 2.24) is 9.97 Å². The molecule has 0 saturated carbocycles. The highest BCUT2D eigenvalue weighted by atomic mass is 16.7. The molecule has 2 aromatic rings. The molecule has 5 nitrogen and oxygen atoms in total. The monoisotopic (exact) mass is 257 g/mol. The van der Waals surface area contributed by atoms with Crippen molar-refractivity contribution in [2.75, 3.05) is 6.79 Å². The van der Waals surface area contributed by atoms with Gasteiger partial charge in [0.2, 0.25) is 6.79 Å². The second-order valence-corrected chi connectivity index (χ2v) is 4.61. The summed E-state index contributed by atoms with van der Waals surface area (Å²) >= 11 is 0. The summed E-state index contributed by atoms with van der Waals surface area (Å²) in [6, 6.07) is 5.60. The molecule has 0 spiro atoms. The van der Waals surface area contributed by atoms with Crippen LogP contribution in [-0.2, 0) is 0 Å². The second-order valence-electron chi connectivity index (χ2n) is 4.61. The number of nitrogens with zero attached hydrogens (tertiary/aromatic N) is 2. The molecule has 1 atom stereocenters. The molecular weight excluding hydrogens is 242 g/mol. The summed E-state index contributed by atoms with van der Waals surface area (Å²) in [6.45, 7) is 4.16. The summed E-state index contributed by atoms with van der Waals surface area (Å²) in [7, 11) is 0. The van der Waals surface area contributed by atoms with Gasteiger partial charge in [-0.1, -0.05) is 0 Å². The molecule has 2 heterocycles. The first-order chi connectivity index (χ1) is 9.15. The average Bonchev–Trinajstić information content (AvgIpc) is 2.85. The first-order valence-corrected chi connectivity index (χ1v) is 6.14. The van der Waals surface area contributed by atoms with E-state index in [4.69, 9.17) is 15.2 Å². The fraction of sp³-hybridized carbons (Fsp3) is 0.286. The first kappa shape index (κ1) is 11.9. The summed E-state index contributed by atoms with van der Waals surface area (Å²) in [6.07, 6.45) is 1.73. The van der Waals surface area contributed by atoms with Crippen LogP contribution in [0.5, 0.6) is 11.5 Å². The lowest BCUT2D eigenvalue weighted by atomic mass is 10.0. The smallest absolute Gasteiger partial charge is 0.231 e. The zero-order chi connectivity index (χ0) is 13.4. The molecule has 0 saturated heterocycles. The van der Waals surface area contributed by atoms with E-state index >= 15 is 0 Å². The third-order valence-corrected chi connectivity index (χ3v) is 3.08. The van der Waals surface area contributed by atoms with Crippen molar-refractivity contribution in [2.45, 2.75) is 19.9 Å². The zero-order valence-electron chi connectivity index (χ0n) is 10.9. The Morgan fingerprint density at radius 3 is 2.74 bits per heavy atom. The maximum atomic E-state index is 5.82. The molecule has 0 bridgehead atoms. The first-order valence-electron chi connectivity index (χ1n) is 6.14. The molecule has 5 heteroatoms. The van der Waals surface area contributed by atoms with E-state index in [0.717, 1.165) is 28.3 Å². The number of rotatable bonds is 2. The number of fused-ring (bicyclic) bond motifs is 1. The van der Waals surface area contributed by atoms with Crippen molar-refractivity contribution in [3.05, 3.63) is 35.8 Å². The third-order valence-electron chi connectivity index (χ3n) is 3.08. The van der Waals surface area contributed by atoms with Crippen LogP contribution in [0.1, 0.15) is 24.4 Å². The van der Waals surface area contributed by atoms with E-state index in [0.29, 0.717) is 5.82 Å². The normalized spacial score (nSPS) is 14.5. The Morgan fingerprint density at radius 2 is 2.00 bits per heavy atom. The molecule has 0 amide bonds. The minimum atomic E-state index is -0.186. The molecular formula is C14H15N3O2. The van der Waals surface area contributed by atoms with Gasteiger partial charge in [-0.15, -0.1) is 0 Å². The lowest BCUT2D eigenvalue weighted by Gasteiger charge is -2.09. The number of aryl methyl sites for hydroxylation is 1. The van der Waals surface area contributed by atoms with E-state index in [1.165, 1.54) is 0 Å². The van der Waals surface area contributed by atoms with Gasteiger partial charge in [-0.25, -0.2) is 9.97 Å². The molecule has 2 N–H and O–H groups in total. The number of benzene rings is 1. The van der Waals surface area contributed by atoms with E-state index in [2.05, 4.69) is 9.97 Å². The van der Waals surface area contributed by atoms with Crippen LogP contribution in [0.4, 0.5) is 0 Å². The number of aromatic nitrogens is 2. The molecule has 1 aliphatic heterocycles. The molecule has 1 unspecified atom stereocenters. The van der Waals surface area contributed by atoms with Crippen molar-refractivity contribution in [1.29, 1.82) is 0 Å². The largest absolute Gasteiger partial charge is 0.454 e. The minimum Gasteiger partial charge on any atom is -0.454 e. The van der Waals surface area contributed by atoms with Gasteiger partial charge in [0.15, 0.2) is 11.5 Å². The molecule has 1 aromatic heterocycles. The second kappa shape index (κ2) is 4.51. The Hall–Kier alpha value is -2.14. The Bertz CT molecular complexity index is 626. The molecule has 0 aliphatic carbocycles. The molecule has 3 rings (SSSR count). The lowest BCUT2D eigenvalue weighted by Crippen LogP contribution is -2.10. The molecule has 98 valence electrons. The molecule has 0 radical (unpaired) electrons. The van der Waals surface area contributed by atoms with Crippen LogP contribution < -0.4 is 15.2 Å². The summed E-state index contributed by atoms with van der Waals surface area (Å²) in [5, 5.41) is 0. The summed E-state index contributed by atoms with van der Waals surface area (Å²) in [5.41, 5.74) is 8.75. The van der Waals surface area contributed by atoms with Crippen LogP contribution in [0.3, 0.4) is 0 Å². The van der Waals surface area contributed by atoms with Gasteiger partial charge in [0.25, 0.3) is 0 Å². The van der Waals surface area contributed by atoms with Gasteiger partial charge in [-0.05, 0) is 37.6 Å². The summed E-state index contributed by atoms with van der Waals surface area (Å²) < 4.78 is 10.8. The van der Waals surface area contributed by atoms with Gasteiger partial charge in [-0.3, -0.25) is 0 Å². The standard InChI is InChI=1S/C14H15N3O2/c1-8-5-12-13(19-7-18-12)6-10(8)11-3-4-16-14(17-11)9(2)15/h3-6,9H,7,15H2,1-2H3. The number of ether oxygens (including phenoxy) is 2. The van der Waals surface area contributed by atoms with Gasteiger partial charge < -0.3 is 15.2 Å². The SMILES string of the molecule is Cc1cc2c(cc1-c1ccnc(C(C)N)n1)OCO2. The fourth-order valence-corrected chi connectivity index (χ4v) is 2.06. The Kier molecular flexibility index (Phi) is 2.83. The predicted octanol–water partition coefficient (Wildman–Crippen LogP) is 2.20. The predicted molar refractivity (Wildman–Crippen MR) is 70.9 cm³/mol. The van der Waals surface area contributed by atoms with Gasteiger partial charge >= 0.3 is 0 Å². The quantitative estimate of drug-likeness (QED) is 0.893. The molecule has 1 aromatic carbocycles. The highest BCUT2D eigenvalue weighted by Crippen LogP contribution is 2.37. The maximum Gasteiger partial charge on any atom is 0.231 e. The van der Waals surface area contributed by atoms with Gasteiger partial charge in [-0.2, -0.15) is 0 Å². The highest BCUT2D eigenvalue weighted by molar-refractivity contribution is 5.68. The van der Waals surface area contributed by atoms with Gasteiger partial charge in [0.05, 0.1) is 11.7 Å². The van der Waals surface area contributed by atoms with E-state index in [-0.39, 0.29) is 12.8 Å². The molecule has 0 fully saturated rings.